The summed E-state index contributed by atoms with van der Waals surface area (Å²) < 4.78 is 14.6. The largest absolute Gasteiger partial charge is 0.518 e. The van der Waals surface area contributed by atoms with E-state index < -0.39 is 20.2 Å². The molecule has 2 saturated carbocycles. The molecule has 1 aromatic carbocycles. The summed E-state index contributed by atoms with van der Waals surface area (Å²) in [5, 5.41) is 86.7. The Kier molecular flexibility index (Phi) is 75.5. The smallest absolute Gasteiger partial charge is 0.291 e. The van der Waals surface area contributed by atoms with E-state index in [9.17, 15) is 10.1 Å². The van der Waals surface area contributed by atoms with Crippen molar-refractivity contribution in [3.8, 4) is 0 Å². The van der Waals surface area contributed by atoms with Crippen LogP contribution in [0.3, 0.4) is 0 Å². The molecular weight excluding hydrogens is 1060 g/mol. The van der Waals surface area contributed by atoms with E-state index in [1.54, 1.807) is 12.1 Å². The summed E-state index contributed by atoms with van der Waals surface area (Å²) >= 11 is 0. The SMILES string of the molecule is Cl.O=O.O=[N+]([O-])O.O=[N+]([O-])O.O=[N+]([O-])O.O=[N+]([O-])c1ccc(CO[CH-]OO)cc1.OCC1CCCC1.OOCOCC1CCCC1.OOCOCC1CCCN1.[Y].[Y].[Y]. The number of non-ortho nitro benzene ring substituents is 1. The van der Waals surface area contributed by atoms with Crippen molar-refractivity contribution in [3.63, 3.8) is 0 Å². The molecule has 3 radical (unpaired) electrons. The number of nitro groups is 1. The Bertz CT molecular complexity index is 992. The Morgan fingerprint density at radius 3 is 1.41 bits per heavy atom. The van der Waals surface area contributed by atoms with Crippen LogP contribution in [0.4, 0.5) is 5.69 Å². The van der Waals surface area contributed by atoms with Gasteiger partial charge in [-0.1, -0.05) is 32.5 Å². The van der Waals surface area contributed by atoms with Crippen LogP contribution < -0.4 is 5.32 Å². The number of aliphatic hydroxyl groups excluding tert-OH is 1. The van der Waals surface area contributed by atoms with Gasteiger partial charge in [0.25, 0.3) is 20.9 Å². The number of ether oxygens (including phenoxy) is 3. The molecule has 1 atom stereocenters. The number of hydrogen-bond donors (Lipinski definition) is 8. The number of halogens is 1. The summed E-state index contributed by atoms with van der Waals surface area (Å²) in [6.07, 6.45) is 12.8. The predicted octanol–water partition coefficient (Wildman–Crippen LogP) is 4.17. The third-order valence-electron chi connectivity index (χ3n) is 6.82. The van der Waals surface area contributed by atoms with Gasteiger partial charge in [0.2, 0.25) is 0 Å². The van der Waals surface area contributed by atoms with E-state index >= 15 is 0 Å². The molecule has 1 saturated heterocycles. The van der Waals surface area contributed by atoms with Gasteiger partial charge < -0.3 is 45.1 Å². The molecule has 32 heteroatoms. The predicted molar refractivity (Wildman–Crippen MR) is 187 cm³/mol. The molecule has 1 aliphatic heterocycles. The molecule has 28 nitrogen and oxygen atoms in total. The van der Waals surface area contributed by atoms with Crippen molar-refractivity contribution < 1.29 is 184 Å². The summed E-state index contributed by atoms with van der Waals surface area (Å²) in [5.41, 5.74) is 0.764. The molecule has 59 heavy (non-hydrogen) atoms. The molecule has 0 amide bonds. The number of rotatable bonds is 14. The van der Waals surface area contributed by atoms with E-state index in [1.165, 1.54) is 69.9 Å². The molecule has 3 fully saturated rings. The van der Waals surface area contributed by atoms with Gasteiger partial charge in [0, 0.05) is 139 Å². The minimum absolute atomic E-state index is 0. The summed E-state index contributed by atoms with van der Waals surface area (Å²) in [4.78, 5) is 60.0. The molecule has 1 unspecified atom stereocenters. The van der Waals surface area contributed by atoms with Crippen LogP contribution in [0.1, 0.15) is 69.8 Å². The molecule has 3 aliphatic rings. The average Bonchev–Trinajstić information content (AvgIpc) is 3.96. The number of nitro benzene ring substituents is 1. The Balaban J connectivity index is -0.0000000880. The van der Waals surface area contributed by atoms with Crippen LogP contribution in [0, 0.1) is 69.0 Å². The second kappa shape index (κ2) is 59.1. The summed E-state index contributed by atoms with van der Waals surface area (Å²) in [6, 6.07) is 6.32. The first-order valence-electron chi connectivity index (χ1n) is 15.9. The molecule has 0 spiro atoms. The Hall–Kier alpha value is -1.02. The maximum atomic E-state index is 10.3. The van der Waals surface area contributed by atoms with E-state index in [0.29, 0.717) is 31.1 Å². The first-order valence-corrected chi connectivity index (χ1v) is 15.9. The molecular formula is C27H51ClN5O23Y3-. The molecule has 339 valence electrons. The molecule has 1 aromatic rings. The van der Waals surface area contributed by atoms with Gasteiger partial charge in [-0.15, -0.1) is 42.7 Å². The Morgan fingerprint density at radius 2 is 1.08 bits per heavy atom. The number of nitrogens with one attached hydrogen (secondary N) is 1. The number of aliphatic hydroxyl groups is 1. The second-order valence-electron chi connectivity index (χ2n) is 10.7. The number of nitrogens with zero attached hydrogens (tertiary/aromatic N) is 4. The van der Waals surface area contributed by atoms with Crippen molar-refractivity contribution in [3.05, 3.63) is 87.0 Å². The second-order valence-corrected chi connectivity index (χ2v) is 10.7. The van der Waals surface area contributed by atoms with E-state index in [2.05, 4.69) is 20.0 Å². The third kappa shape index (κ3) is 66.3. The molecule has 4 rings (SSSR count). The van der Waals surface area contributed by atoms with Crippen molar-refractivity contribution in [2.75, 3.05) is 40.0 Å². The summed E-state index contributed by atoms with van der Waals surface area (Å²) in [7, 11) is 0. The fourth-order valence-electron chi connectivity index (χ4n) is 4.62. The van der Waals surface area contributed by atoms with Gasteiger partial charge in [-0.25, -0.2) is 20.3 Å². The molecule has 2 aliphatic carbocycles. The van der Waals surface area contributed by atoms with Crippen LogP contribution >= 0.6 is 12.4 Å². The zero-order chi connectivity index (χ0) is 42.7. The Morgan fingerprint density at radius 1 is 0.678 bits per heavy atom. The van der Waals surface area contributed by atoms with Crippen LogP contribution in [0.25, 0.3) is 0 Å². The van der Waals surface area contributed by atoms with Crippen LogP contribution in [0.5, 0.6) is 0 Å². The van der Waals surface area contributed by atoms with Crippen LogP contribution in [0.15, 0.2) is 24.3 Å². The number of hydrogen-bond acceptors (Lipinski definition) is 21. The molecule has 1 heterocycles. The van der Waals surface area contributed by atoms with Crippen LogP contribution in [0.2, 0.25) is 0 Å². The van der Waals surface area contributed by atoms with E-state index in [0.717, 1.165) is 31.9 Å². The maximum absolute atomic E-state index is 10.3. The van der Waals surface area contributed by atoms with Gasteiger partial charge in [-0.3, -0.25) is 15.4 Å². The van der Waals surface area contributed by atoms with Gasteiger partial charge in [-0.2, -0.15) is 0 Å². The Labute approximate surface area is 418 Å². The zero-order valence-corrected chi connectivity index (χ0v) is 41.1. The van der Waals surface area contributed by atoms with Crippen molar-refractivity contribution in [2.45, 2.75) is 76.9 Å². The minimum Gasteiger partial charge on any atom is -0.518 e. The molecule has 8 N–H and O–H groups in total. The molecule has 0 aromatic heterocycles. The van der Waals surface area contributed by atoms with Crippen molar-refractivity contribution >= 4 is 18.1 Å². The van der Waals surface area contributed by atoms with E-state index in [1.807, 2.05) is 0 Å². The third-order valence-corrected chi connectivity index (χ3v) is 6.82. The first-order chi connectivity index (χ1) is 26.2. The summed E-state index contributed by atoms with van der Waals surface area (Å²) in [6.45, 7) is 3.78. The normalized spacial score (nSPS) is 14.2. The van der Waals surface area contributed by atoms with Crippen molar-refractivity contribution in [2.24, 2.45) is 11.8 Å². The fraction of sp³-hybridized carbons (Fsp3) is 0.741. The van der Waals surface area contributed by atoms with Gasteiger partial charge in [0.05, 0.1) is 18.1 Å². The fourth-order valence-corrected chi connectivity index (χ4v) is 4.62. The zero-order valence-electron chi connectivity index (χ0n) is 31.7. The van der Waals surface area contributed by atoms with Gasteiger partial charge in [-0.05, 0) is 74.6 Å². The first kappa shape index (κ1) is 75.4. The standard InChI is InChI=1S/C8H8NO5.C7H14O3.C6H13NO3.C6H12O.ClH.3HNO3.O2.3Y/c10-9(11)8-3-1-7(2-4-8)5-13-6-14-12;8-10-6-9-5-7-3-1-2-4-7;8-10-5-9-4-6-2-1-3-7-6;7-5-6-3-1-2-4-6;;3*2-1(3)4;1-2;;;/h1-4,6,12H,5H2;7-8H,1-6H2;6-8H,1-5H2;6-7H,1-5H2;1H;3*(H,2,3,4);;;;/q-1;;;;;;;;;;;. The average molecular weight is 1120 g/mol. The van der Waals surface area contributed by atoms with Gasteiger partial charge in [0.1, 0.15) is 0 Å². The van der Waals surface area contributed by atoms with Crippen molar-refractivity contribution in [1.29, 1.82) is 0 Å². The minimum atomic E-state index is -1.50. The number of benzene rings is 1. The van der Waals surface area contributed by atoms with Gasteiger partial charge in [0.15, 0.2) is 13.6 Å². The van der Waals surface area contributed by atoms with Gasteiger partial charge >= 0.3 is 0 Å². The maximum Gasteiger partial charge on any atom is 0.291 e. The van der Waals surface area contributed by atoms with Crippen LogP contribution in [-0.4, -0.2) is 103 Å². The summed E-state index contributed by atoms with van der Waals surface area (Å²) in [5.74, 6) is 1.36. The van der Waals surface area contributed by atoms with Crippen molar-refractivity contribution in [1.82, 2.24) is 5.32 Å². The monoisotopic (exact) mass is 1110 g/mol. The van der Waals surface area contributed by atoms with E-state index in [4.69, 9.17) is 91.0 Å². The molecule has 0 bridgehead atoms. The van der Waals surface area contributed by atoms with Crippen LogP contribution in [-0.2, 0) is 134 Å². The topological polar surface area (TPSA) is 416 Å². The quantitative estimate of drug-likeness (QED) is 0.0323. The van der Waals surface area contributed by atoms with E-state index in [-0.39, 0.29) is 136 Å².